The number of hydrogen-bond acceptors (Lipinski definition) is 2. The highest BCUT2D eigenvalue weighted by Gasteiger charge is 2.14. The summed E-state index contributed by atoms with van der Waals surface area (Å²) >= 11 is 15.3. The molecule has 0 radical (unpaired) electrons. The third kappa shape index (κ3) is 3.21. The number of alkyl halides is 1. The third-order valence-electron chi connectivity index (χ3n) is 3.13. The summed E-state index contributed by atoms with van der Waals surface area (Å²) in [6.07, 6.45) is 0.646. The van der Waals surface area contributed by atoms with E-state index < -0.39 is 0 Å². The highest BCUT2D eigenvalue weighted by atomic mass is 127. The fraction of sp³-hybridized carbons (Fsp3) is 0.214. The van der Waals surface area contributed by atoms with E-state index >= 15 is 0 Å². The molecule has 1 aromatic carbocycles. The Labute approximate surface area is 149 Å². The molecule has 7 heteroatoms. The van der Waals surface area contributed by atoms with Crippen LogP contribution < -0.4 is 0 Å². The molecule has 0 aliphatic carbocycles. The van der Waals surface area contributed by atoms with Crippen LogP contribution in [0.1, 0.15) is 10.7 Å². The van der Waals surface area contributed by atoms with Crippen molar-refractivity contribution in [2.24, 2.45) is 0 Å². The van der Waals surface area contributed by atoms with E-state index in [1.54, 1.807) is 6.07 Å². The second-order valence-corrected chi connectivity index (χ2v) is 7.85. The van der Waals surface area contributed by atoms with E-state index in [-0.39, 0.29) is 5.82 Å². The smallest absolute Gasteiger partial charge is 0.138 e. The number of aryl methyl sites for hydroxylation is 1. The topological polar surface area (TPSA) is 17.8 Å². The van der Waals surface area contributed by atoms with Crippen molar-refractivity contribution in [2.45, 2.75) is 13.0 Å². The van der Waals surface area contributed by atoms with Crippen LogP contribution >= 0.6 is 57.1 Å². The van der Waals surface area contributed by atoms with Crippen molar-refractivity contribution < 1.29 is 4.39 Å². The number of rotatable bonds is 4. The Morgan fingerprint density at radius 3 is 2.81 bits per heavy atom. The average molecular weight is 455 g/mol. The molecule has 3 aromatic rings. The molecule has 21 heavy (non-hydrogen) atoms. The lowest BCUT2D eigenvalue weighted by atomic mass is 10.3. The number of thiophene rings is 1. The zero-order valence-electron chi connectivity index (χ0n) is 10.7. The van der Waals surface area contributed by atoms with Crippen LogP contribution in [0.25, 0.3) is 11.0 Å². The van der Waals surface area contributed by atoms with Gasteiger partial charge in [0.2, 0.25) is 0 Å². The Bertz CT molecular complexity index is 800. The van der Waals surface area contributed by atoms with Gasteiger partial charge >= 0.3 is 0 Å². The van der Waals surface area contributed by atoms with Crippen LogP contribution in [0.5, 0.6) is 0 Å². The Balaban J connectivity index is 2.12. The first kappa shape index (κ1) is 15.5. The van der Waals surface area contributed by atoms with Crippen LogP contribution in [0.4, 0.5) is 4.39 Å². The van der Waals surface area contributed by atoms with Gasteiger partial charge in [0.05, 0.1) is 25.5 Å². The fourth-order valence-corrected chi connectivity index (χ4v) is 3.91. The van der Waals surface area contributed by atoms with Crippen molar-refractivity contribution in [3.63, 3.8) is 0 Å². The van der Waals surface area contributed by atoms with E-state index in [1.165, 1.54) is 17.4 Å². The number of aromatic nitrogens is 2. The van der Waals surface area contributed by atoms with Gasteiger partial charge in [-0.1, -0.05) is 11.6 Å². The summed E-state index contributed by atoms with van der Waals surface area (Å²) in [5, 5.41) is 0. The maximum absolute atomic E-state index is 13.9. The van der Waals surface area contributed by atoms with Crippen molar-refractivity contribution >= 4 is 68.2 Å². The minimum Gasteiger partial charge on any atom is -0.323 e. The molecule has 0 saturated heterocycles. The maximum atomic E-state index is 13.9. The molecule has 110 valence electrons. The van der Waals surface area contributed by atoms with Crippen molar-refractivity contribution in [3.8, 4) is 0 Å². The molecule has 0 bridgehead atoms. The van der Waals surface area contributed by atoms with Gasteiger partial charge in [-0.2, -0.15) is 0 Å². The van der Waals surface area contributed by atoms with Gasteiger partial charge in [0.1, 0.15) is 11.6 Å². The van der Waals surface area contributed by atoms with Crippen LogP contribution in [-0.2, 0) is 13.0 Å². The van der Waals surface area contributed by atoms with E-state index in [2.05, 4.69) is 4.98 Å². The molecular weight excluding hydrogens is 445 g/mol. The molecule has 0 aliphatic rings. The maximum Gasteiger partial charge on any atom is 0.138 e. The minimum absolute atomic E-state index is 0.231. The zero-order chi connectivity index (χ0) is 15.0. The Morgan fingerprint density at radius 2 is 2.14 bits per heavy atom. The van der Waals surface area contributed by atoms with E-state index in [0.717, 1.165) is 26.1 Å². The molecule has 0 saturated carbocycles. The average Bonchev–Trinajstić information content (AvgIpc) is 2.97. The van der Waals surface area contributed by atoms with Crippen LogP contribution in [-0.4, -0.2) is 15.4 Å². The largest absolute Gasteiger partial charge is 0.323 e. The lowest BCUT2D eigenvalue weighted by Gasteiger charge is -2.07. The van der Waals surface area contributed by atoms with Gasteiger partial charge in [-0.05, 0) is 40.8 Å². The van der Waals surface area contributed by atoms with Gasteiger partial charge in [-0.15, -0.1) is 22.9 Å². The van der Waals surface area contributed by atoms with Crippen LogP contribution in [0.15, 0.2) is 24.3 Å². The molecule has 2 nitrogen and oxygen atoms in total. The van der Waals surface area contributed by atoms with Crippen molar-refractivity contribution in [3.05, 3.63) is 48.7 Å². The first-order valence-electron chi connectivity index (χ1n) is 6.23. The molecule has 2 aromatic heterocycles. The Hall–Kier alpha value is -0.370. The molecule has 0 spiro atoms. The fourth-order valence-electron chi connectivity index (χ4n) is 2.21. The quantitative estimate of drug-likeness (QED) is 0.385. The van der Waals surface area contributed by atoms with Crippen molar-refractivity contribution in [1.82, 2.24) is 9.55 Å². The minimum atomic E-state index is -0.231. The molecule has 0 N–H and O–H groups in total. The van der Waals surface area contributed by atoms with E-state index in [0.29, 0.717) is 22.4 Å². The third-order valence-corrected chi connectivity index (χ3v) is 5.36. The summed E-state index contributed by atoms with van der Waals surface area (Å²) in [7, 11) is 0. The SMILES string of the molecule is Fc1cc2c(cc1I)nc(CCCl)n2Cc1ccc(Cl)s1. The number of nitrogens with zero attached hydrogens (tertiary/aromatic N) is 2. The predicted molar refractivity (Wildman–Crippen MR) is 95.3 cm³/mol. The molecule has 0 fully saturated rings. The molecular formula is C14H10Cl2FIN2S. The molecule has 0 aliphatic heterocycles. The van der Waals surface area contributed by atoms with Gasteiger partial charge in [0, 0.05) is 23.2 Å². The number of halogens is 4. The number of benzene rings is 1. The molecule has 0 unspecified atom stereocenters. The first-order chi connectivity index (χ1) is 10.1. The summed E-state index contributed by atoms with van der Waals surface area (Å²) in [6, 6.07) is 7.15. The highest BCUT2D eigenvalue weighted by Crippen LogP contribution is 2.27. The first-order valence-corrected chi connectivity index (χ1v) is 9.03. The van der Waals surface area contributed by atoms with E-state index in [9.17, 15) is 4.39 Å². The standard InChI is InChI=1S/C14H10Cl2FIN2S/c15-4-3-14-19-11-6-10(18)9(17)5-12(11)20(14)7-8-1-2-13(16)21-8/h1-2,5-6H,3-4,7H2. The molecule has 0 amide bonds. The second kappa shape index (κ2) is 6.40. The van der Waals surface area contributed by atoms with E-state index in [4.69, 9.17) is 23.2 Å². The summed E-state index contributed by atoms with van der Waals surface area (Å²) in [4.78, 5) is 5.69. The lowest BCUT2D eigenvalue weighted by molar-refractivity contribution is 0.621. The van der Waals surface area contributed by atoms with Crippen LogP contribution in [0.2, 0.25) is 4.34 Å². The van der Waals surface area contributed by atoms with Gasteiger partial charge in [0.25, 0.3) is 0 Å². The van der Waals surface area contributed by atoms with Crippen LogP contribution in [0, 0.1) is 9.39 Å². The van der Waals surface area contributed by atoms with E-state index in [1.807, 2.05) is 39.3 Å². The lowest BCUT2D eigenvalue weighted by Crippen LogP contribution is -2.05. The normalized spacial score (nSPS) is 11.4. The predicted octanol–water partition coefficient (Wildman–Crippen LogP) is 5.32. The summed E-state index contributed by atoms with van der Waals surface area (Å²) in [5.41, 5.74) is 1.58. The summed E-state index contributed by atoms with van der Waals surface area (Å²) in [6.45, 7) is 0.625. The number of fused-ring (bicyclic) bond motifs is 1. The molecule has 3 rings (SSSR count). The van der Waals surface area contributed by atoms with Gasteiger partial charge in [-0.25, -0.2) is 9.37 Å². The molecule has 0 atom stereocenters. The Morgan fingerprint density at radius 1 is 1.33 bits per heavy atom. The van der Waals surface area contributed by atoms with Crippen LogP contribution in [0.3, 0.4) is 0 Å². The number of hydrogen-bond donors (Lipinski definition) is 0. The van der Waals surface area contributed by atoms with Crippen molar-refractivity contribution in [1.29, 1.82) is 0 Å². The second-order valence-electron chi connectivity index (χ2n) is 4.51. The van der Waals surface area contributed by atoms with Gasteiger partial charge < -0.3 is 4.57 Å². The number of imidazole rings is 1. The van der Waals surface area contributed by atoms with Crippen molar-refractivity contribution in [2.75, 3.05) is 5.88 Å². The van der Waals surface area contributed by atoms with Gasteiger partial charge in [-0.3, -0.25) is 0 Å². The summed E-state index contributed by atoms with van der Waals surface area (Å²) in [5.74, 6) is 1.12. The monoisotopic (exact) mass is 454 g/mol. The zero-order valence-corrected chi connectivity index (χ0v) is 15.2. The summed E-state index contributed by atoms with van der Waals surface area (Å²) < 4.78 is 17.2. The highest BCUT2D eigenvalue weighted by molar-refractivity contribution is 14.1. The van der Waals surface area contributed by atoms with Gasteiger partial charge in [0.15, 0.2) is 0 Å². The molecule has 2 heterocycles. The Kier molecular flexibility index (Phi) is 4.73.